The number of phenolic OH excluding ortho intramolecular Hbond substituents is 1. The summed E-state index contributed by atoms with van der Waals surface area (Å²) < 4.78 is 20.4. The van der Waals surface area contributed by atoms with Gasteiger partial charge in [-0.3, -0.25) is 4.79 Å². The number of hydrogen-bond donors (Lipinski definition) is 1. The number of allylic oxidation sites excluding steroid dienone is 1. The first-order valence-corrected chi connectivity index (χ1v) is 8.02. The summed E-state index contributed by atoms with van der Waals surface area (Å²) in [6.45, 7) is -0.155. The van der Waals surface area contributed by atoms with Crippen molar-refractivity contribution in [3.8, 4) is 17.2 Å². The van der Waals surface area contributed by atoms with Gasteiger partial charge in [0.15, 0.2) is 30.9 Å². The van der Waals surface area contributed by atoms with E-state index in [1.165, 1.54) is 32.4 Å². The molecule has 2 rings (SSSR count). The normalized spacial score (nSPS) is 10.9. The van der Waals surface area contributed by atoms with Crippen LogP contribution in [0.4, 0.5) is 0 Å². The van der Waals surface area contributed by atoms with Crippen LogP contribution in [0.2, 0.25) is 5.02 Å². The van der Waals surface area contributed by atoms with Gasteiger partial charge in [0.25, 0.3) is 0 Å². The standard InChI is InChI=1S/C19H19ClO6/c1-23-11-25-17-9-7-15(18(22)19(17)26-12-24-2)16(21)8-6-13-4-3-5-14(20)10-13/h3-10,22H,11-12H2,1-2H3/b8-6+. The smallest absolute Gasteiger partial charge is 0.206 e. The number of phenols is 1. The Morgan fingerprint density at radius 2 is 1.85 bits per heavy atom. The molecule has 6 nitrogen and oxygen atoms in total. The minimum absolute atomic E-state index is 0.00547. The predicted molar refractivity (Wildman–Crippen MR) is 97.9 cm³/mol. The molecule has 0 saturated heterocycles. The van der Waals surface area contributed by atoms with E-state index in [4.69, 9.17) is 30.5 Å². The van der Waals surface area contributed by atoms with Gasteiger partial charge in [-0.05, 0) is 35.9 Å². The van der Waals surface area contributed by atoms with Crippen LogP contribution in [0.15, 0.2) is 42.5 Å². The van der Waals surface area contributed by atoms with Crippen molar-refractivity contribution in [1.82, 2.24) is 0 Å². The zero-order valence-electron chi connectivity index (χ0n) is 14.4. The first kappa shape index (κ1) is 19.8. The van der Waals surface area contributed by atoms with E-state index < -0.39 is 5.78 Å². The summed E-state index contributed by atoms with van der Waals surface area (Å²) >= 11 is 5.92. The summed E-state index contributed by atoms with van der Waals surface area (Å²) in [5, 5.41) is 11.0. The van der Waals surface area contributed by atoms with Gasteiger partial charge in [-0.25, -0.2) is 0 Å². The molecule has 0 aliphatic rings. The Kier molecular flexibility index (Phi) is 7.47. The van der Waals surface area contributed by atoms with Crippen molar-refractivity contribution in [2.45, 2.75) is 0 Å². The molecule has 138 valence electrons. The van der Waals surface area contributed by atoms with Crippen molar-refractivity contribution in [3.63, 3.8) is 0 Å². The molecule has 0 aliphatic carbocycles. The Hall–Kier alpha value is -2.54. The second-order valence-corrected chi connectivity index (χ2v) is 5.58. The lowest BCUT2D eigenvalue weighted by Gasteiger charge is -2.14. The number of ketones is 1. The van der Waals surface area contributed by atoms with Crippen molar-refractivity contribution in [3.05, 3.63) is 58.6 Å². The lowest BCUT2D eigenvalue weighted by atomic mass is 10.1. The third-order valence-corrected chi connectivity index (χ3v) is 3.53. The van der Waals surface area contributed by atoms with Gasteiger partial charge in [0.05, 0.1) is 5.56 Å². The second-order valence-electron chi connectivity index (χ2n) is 5.14. The Bertz CT molecular complexity index is 788. The molecule has 1 N–H and O–H groups in total. The molecular weight excluding hydrogens is 360 g/mol. The zero-order valence-corrected chi connectivity index (χ0v) is 15.2. The fourth-order valence-corrected chi connectivity index (χ4v) is 2.32. The highest BCUT2D eigenvalue weighted by Gasteiger charge is 2.19. The van der Waals surface area contributed by atoms with Gasteiger partial charge in [0.2, 0.25) is 5.75 Å². The molecule has 0 bridgehead atoms. The van der Waals surface area contributed by atoms with E-state index in [2.05, 4.69) is 0 Å². The zero-order chi connectivity index (χ0) is 18.9. The number of ether oxygens (including phenoxy) is 4. The fourth-order valence-electron chi connectivity index (χ4n) is 2.12. The maximum Gasteiger partial charge on any atom is 0.206 e. The van der Waals surface area contributed by atoms with Crippen molar-refractivity contribution < 1.29 is 28.8 Å². The van der Waals surface area contributed by atoms with Crippen LogP contribution in [0.25, 0.3) is 6.08 Å². The fraction of sp³-hybridized carbons (Fsp3) is 0.211. The molecule has 26 heavy (non-hydrogen) atoms. The SMILES string of the molecule is COCOc1ccc(C(=O)/C=C/c2cccc(Cl)c2)c(O)c1OCOC. The van der Waals surface area contributed by atoms with Crippen LogP contribution in [0.1, 0.15) is 15.9 Å². The van der Waals surface area contributed by atoms with Gasteiger partial charge in [0.1, 0.15) is 0 Å². The van der Waals surface area contributed by atoms with E-state index in [1.807, 2.05) is 6.07 Å². The molecule has 0 aliphatic heterocycles. The Morgan fingerprint density at radius 3 is 2.54 bits per heavy atom. The number of aromatic hydroxyl groups is 1. The maximum atomic E-state index is 12.4. The lowest BCUT2D eigenvalue weighted by molar-refractivity contribution is 0.0307. The van der Waals surface area contributed by atoms with Crippen LogP contribution in [0.3, 0.4) is 0 Å². The van der Waals surface area contributed by atoms with Crippen LogP contribution in [-0.4, -0.2) is 38.7 Å². The van der Waals surface area contributed by atoms with Crippen molar-refractivity contribution in [1.29, 1.82) is 0 Å². The number of carbonyl (C=O) groups excluding carboxylic acids is 1. The third-order valence-electron chi connectivity index (χ3n) is 3.29. The number of carbonyl (C=O) groups is 1. The number of rotatable bonds is 9. The van der Waals surface area contributed by atoms with Crippen molar-refractivity contribution in [2.75, 3.05) is 27.8 Å². The Morgan fingerprint density at radius 1 is 1.12 bits per heavy atom. The lowest BCUT2D eigenvalue weighted by Crippen LogP contribution is -2.06. The monoisotopic (exact) mass is 378 g/mol. The van der Waals surface area contributed by atoms with Crippen molar-refractivity contribution in [2.24, 2.45) is 0 Å². The van der Waals surface area contributed by atoms with Crippen LogP contribution in [0, 0.1) is 0 Å². The molecular formula is C19H19ClO6. The number of methoxy groups -OCH3 is 2. The maximum absolute atomic E-state index is 12.4. The summed E-state index contributed by atoms with van der Waals surface area (Å²) in [5.41, 5.74) is 0.834. The highest BCUT2D eigenvalue weighted by molar-refractivity contribution is 6.30. The molecule has 0 radical (unpaired) electrons. The van der Waals surface area contributed by atoms with E-state index >= 15 is 0 Å². The Labute approximate surface area is 156 Å². The number of benzene rings is 2. The molecule has 0 unspecified atom stereocenters. The number of halogens is 1. The summed E-state index contributed by atoms with van der Waals surface area (Å²) in [4.78, 5) is 12.4. The highest BCUT2D eigenvalue weighted by atomic mass is 35.5. The Balaban J connectivity index is 2.28. The first-order chi connectivity index (χ1) is 12.6. The largest absolute Gasteiger partial charge is 0.504 e. The van der Waals surface area contributed by atoms with Crippen LogP contribution in [0.5, 0.6) is 17.2 Å². The van der Waals surface area contributed by atoms with E-state index in [-0.39, 0.29) is 36.4 Å². The van der Waals surface area contributed by atoms with Crippen molar-refractivity contribution >= 4 is 23.5 Å². The average molecular weight is 379 g/mol. The molecule has 0 spiro atoms. The topological polar surface area (TPSA) is 74.2 Å². The molecule has 0 aromatic heterocycles. The molecule has 2 aromatic rings. The predicted octanol–water partition coefficient (Wildman–Crippen LogP) is 3.91. The van der Waals surface area contributed by atoms with E-state index in [9.17, 15) is 9.90 Å². The molecule has 0 heterocycles. The summed E-state index contributed by atoms with van der Waals surface area (Å²) in [5.74, 6) is -0.498. The molecule has 0 saturated carbocycles. The average Bonchev–Trinajstić information content (AvgIpc) is 2.63. The van der Waals surface area contributed by atoms with Crippen LogP contribution >= 0.6 is 11.6 Å². The van der Waals surface area contributed by atoms with Gasteiger partial charge in [-0.2, -0.15) is 0 Å². The van der Waals surface area contributed by atoms with Gasteiger partial charge >= 0.3 is 0 Å². The summed E-state index contributed by atoms with van der Waals surface area (Å²) in [6, 6.07) is 10.0. The van der Waals surface area contributed by atoms with Crippen LogP contribution in [-0.2, 0) is 9.47 Å². The molecule has 7 heteroatoms. The highest BCUT2D eigenvalue weighted by Crippen LogP contribution is 2.39. The van der Waals surface area contributed by atoms with Gasteiger partial charge in [-0.1, -0.05) is 29.8 Å². The molecule has 0 atom stereocenters. The molecule has 2 aromatic carbocycles. The molecule has 0 fully saturated rings. The second kappa shape index (κ2) is 9.82. The number of hydrogen-bond acceptors (Lipinski definition) is 6. The summed E-state index contributed by atoms with van der Waals surface area (Å²) in [7, 11) is 2.91. The van der Waals surface area contributed by atoms with E-state index in [0.29, 0.717) is 5.02 Å². The molecule has 0 amide bonds. The van der Waals surface area contributed by atoms with E-state index in [1.54, 1.807) is 24.3 Å². The quantitative estimate of drug-likeness (QED) is 0.405. The first-order valence-electron chi connectivity index (χ1n) is 7.64. The van der Waals surface area contributed by atoms with Gasteiger partial charge in [-0.15, -0.1) is 0 Å². The van der Waals surface area contributed by atoms with Gasteiger partial charge in [0, 0.05) is 19.2 Å². The minimum atomic E-state index is -0.400. The van der Waals surface area contributed by atoms with Crippen LogP contribution < -0.4 is 9.47 Å². The summed E-state index contributed by atoms with van der Waals surface area (Å²) in [6.07, 6.45) is 2.95. The van der Waals surface area contributed by atoms with Gasteiger partial charge < -0.3 is 24.1 Å². The third kappa shape index (κ3) is 5.23. The minimum Gasteiger partial charge on any atom is -0.504 e. The van der Waals surface area contributed by atoms with E-state index in [0.717, 1.165) is 5.56 Å².